The highest BCUT2D eigenvalue weighted by atomic mass is 15.1. The second-order valence-electron chi connectivity index (χ2n) is 1.94. The zero-order valence-corrected chi connectivity index (χ0v) is 4.18. The minimum absolute atomic E-state index is 1.11. The Bertz CT molecular complexity index is 200. The number of hydrogen-bond acceptors (Lipinski definition) is 1. The summed E-state index contributed by atoms with van der Waals surface area (Å²) in [5.74, 6) is 1.22. The molecule has 0 saturated carbocycles. The van der Waals surface area contributed by atoms with E-state index in [2.05, 4.69) is 15.7 Å². The van der Waals surface area contributed by atoms with Crippen molar-refractivity contribution in [3.63, 3.8) is 0 Å². The molecule has 2 bridgehead atoms. The van der Waals surface area contributed by atoms with E-state index in [0.29, 0.717) is 0 Å². The Morgan fingerprint density at radius 3 is 2.71 bits per heavy atom. The summed E-state index contributed by atoms with van der Waals surface area (Å²) in [5.41, 5.74) is 1.23. The highest BCUT2D eigenvalue weighted by Crippen LogP contribution is 2.15. The van der Waals surface area contributed by atoms with E-state index in [1.807, 2.05) is 7.05 Å². The third-order valence-corrected chi connectivity index (χ3v) is 1.36. The minimum atomic E-state index is 1.11. The third-order valence-electron chi connectivity index (χ3n) is 1.36. The average molecular weight is 94.1 g/mol. The number of aryl methyl sites for hydroxylation is 1. The Hall–Kier alpha value is -0.790. The van der Waals surface area contributed by atoms with Crippen LogP contribution in [0.15, 0.2) is 6.20 Å². The summed E-state index contributed by atoms with van der Waals surface area (Å²) < 4.78 is 2.06. The van der Waals surface area contributed by atoms with Gasteiger partial charge in [-0.3, -0.25) is 0 Å². The van der Waals surface area contributed by atoms with E-state index in [4.69, 9.17) is 0 Å². The molecule has 1 aromatic rings. The number of aromatic nitrogens is 2. The van der Waals surface area contributed by atoms with Gasteiger partial charge >= 0.3 is 0 Å². The smallest absolute Gasteiger partial charge is 0.114 e. The number of nitrogens with zero attached hydrogens (tertiary/aromatic N) is 2. The third kappa shape index (κ3) is 0.232. The molecule has 0 saturated heterocycles. The molecule has 2 nitrogen and oxygen atoms in total. The summed E-state index contributed by atoms with van der Waals surface area (Å²) in [4.78, 5) is 4.12. The molecule has 2 aliphatic rings. The first-order chi connectivity index (χ1) is 3.36. The maximum Gasteiger partial charge on any atom is 0.114 e. The number of imidazole rings is 1. The van der Waals surface area contributed by atoms with Gasteiger partial charge in [-0.1, -0.05) is 0 Å². The molecule has 0 fully saturated rings. The van der Waals surface area contributed by atoms with E-state index in [1.54, 1.807) is 0 Å². The predicted molar refractivity (Wildman–Crippen MR) is 26.0 cm³/mol. The van der Waals surface area contributed by atoms with Crippen LogP contribution in [-0.4, -0.2) is 9.55 Å². The SMILES string of the molecule is Cn1cc2nc1C2. The molecule has 0 spiro atoms. The summed E-state index contributed by atoms with van der Waals surface area (Å²) >= 11 is 0. The molecule has 7 heavy (non-hydrogen) atoms. The van der Waals surface area contributed by atoms with Crippen molar-refractivity contribution < 1.29 is 0 Å². The van der Waals surface area contributed by atoms with Gasteiger partial charge in [0.15, 0.2) is 0 Å². The lowest BCUT2D eigenvalue weighted by Crippen LogP contribution is -2.01. The van der Waals surface area contributed by atoms with Gasteiger partial charge in [0.1, 0.15) is 5.82 Å². The van der Waals surface area contributed by atoms with E-state index < -0.39 is 0 Å². The number of hydrogen-bond donors (Lipinski definition) is 0. The Morgan fingerprint density at radius 1 is 1.86 bits per heavy atom. The topological polar surface area (TPSA) is 17.8 Å². The normalized spacial score (nSPS) is 13.9. The van der Waals surface area contributed by atoms with Crippen LogP contribution in [0.1, 0.15) is 11.5 Å². The molecule has 0 amide bonds. The highest BCUT2D eigenvalue weighted by molar-refractivity contribution is 5.19. The van der Waals surface area contributed by atoms with Gasteiger partial charge in [0.05, 0.1) is 5.69 Å². The van der Waals surface area contributed by atoms with Gasteiger partial charge in [-0.05, 0) is 0 Å². The Morgan fingerprint density at radius 2 is 2.57 bits per heavy atom. The summed E-state index contributed by atoms with van der Waals surface area (Å²) in [5, 5.41) is 0. The Labute approximate surface area is 41.8 Å². The van der Waals surface area contributed by atoms with Crippen LogP contribution in [0.4, 0.5) is 0 Å². The van der Waals surface area contributed by atoms with Crippen molar-refractivity contribution in [1.29, 1.82) is 0 Å². The molecule has 2 heteroatoms. The molecule has 0 aromatic carbocycles. The molecule has 1 aromatic heterocycles. The first kappa shape index (κ1) is 3.24. The van der Waals surface area contributed by atoms with E-state index in [0.717, 1.165) is 6.42 Å². The lowest BCUT2D eigenvalue weighted by Gasteiger charge is -1.98. The number of rotatable bonds is 0. The quantitative estimate of drug-likeness (QED) is 0.460. The maximum absolute atomic E-state index is 4.12. The van der Waals surface area contributed by atoms with Gasteiger partial charge in [-0.25, -0.2) is 4.98 Å². The van der Waals surface area contributed by atoms with Crippen molar-refractivity contribution >= 4 is 0 Å². The zero-order valence-electron chi connectivity index (χ0n) is 4.18. The maximum atomic E-state index is 4.12. The molecular weight excluding hydrogens is 88.1 g/mol. The summed E-state index contributed by atoms with van der Waals surface area (Å²) in [6, 6.07) is 0. The van der Waals surface area contributed by atoms with Crippen LogP contribution in [-0.2, 0) is 13.5 Å². The first-order valence-electron chi connectivity index (χ1n) is 2.37. The second-order valence-corrected chi connectivity index (χ2v) is 1.94. The van der Waals surface area contributed by atoms with E-state index in [9.17, 15) is 0 Å². The molecule has 3 rings (SSSR count). The van der Waals surface area contributed by atoms with Gasteiger partial charge in [0.25, 0.3) is 0 Å². The fourth-order valence-corrected chi connectivity index (χ4v) is 0.892. The van der Waals surface area contributed by atoms with Gasteiger partial charge in [-0.2, -0.15) is 0 Å². The van der Waals surface area contributed by atoms with E-state index >= 15 is 0 Å². The van der Waals surface area contributed by atoms with Crippen molar-refractivity contribution in [3.8, 4) is 0 Å². The zero-order chi connectivity index (χ0) is 4.85. The summed E-state index contributed by atoms with van der Waals surface area (Å²) in [6.45, 7) is 0. The standard InChI is InChI=1S/C5H6N2/c1-7-3-4-2-5(7)6-4/h3H,2H2,1H3. The van der Waals surface area contributed by atoms with Gasteiger partial charge in [0, 0.05) is 19.7 Å². The van der Waals surface area contributed by atoms with Crippen molar-refractivity contribution in [2.75, 3.05) is 0 Å². The van der Waals surface area contributed by atoms with Crippen LogP contribution in [0.3, 0.4) is 0 Å². The van der Waals surface area contributed by atoms with Crippen LogP contribution in [0.2, 0.25) is 0 Å². The summed E-state index contributed by atoms with van der Waals surface area (Å²) in [6.07, 6.45) is 3.17. The van der Waals surface area contributed by atoms with Crippen LogP contribution >= 0.6 is 0 Å². The molecule has 3 heterocycles. The van der Waals surface area contributed by atoms with Crippen LogP contribution in [0.25, 0.3) is 0 Å². The monoisotopic (exact) mass is 94.1 g/mol. The lowest BCUT2D eigenvalue weighted by atomic mass is 10.3. The van der Waals surface area contributed by atoms with Crippen LogP contribution in [0.5, 0.6) is 0 Å². The Kier molecular flexibility index (Phi) is 0.340. The minimum Gasteiger partial charge on any atom is -0.337 e. The van der Waals surface area contributed by atoms with E-state index in [1.165, 1.54) is 11.5 Å². The molecule has 0 radical (unpaired) electrons. The fourth-order valence-electron chi connectivity index (χ4n) is 0.892. The molecule has 2 aliphatic heterocycles. The lowest BCUT2D eigenvalue weighted by molar-refractivity contribution is 0.804. The predicted octanol–water partition coefficient (Wildman–Crippen LogP) is 0.324. The van der Waals surface area contributed by atoms with Crippen molar-refractivity contribution in [3.05, 3.63) is 17.7 Å². The summed E-state index contributed by atoms with van der Waals surface area (Å²) in [7, 11) is 2.03. The van der Waals surface area contributed by atoms with Gasteiger partial charge < -0.3 is 4.57 Å². The van der Waals surface area contributed by atoms with Crippen LogP contribution < -0.4 is 0 Å². The number of fused-ring (bicyclic) bond motifs is 1. The first-order valence-corrected chi connectivity index (χ1v) is 2.37. The molecular formula is C5H6N2. The van der Waals surface area contributed by atoms with Crippen LogP contribution in [0, 0.1) is 0 Å². The average Bonchev–Trinajstić information content (AvgIpc) is 1.85. The molecule has 0 aliphatic carbocycles. The molecule has 0 N–H and O–H groups in total. The van der Waals surface area contributed by atoms with Crippen molar-refractivity contribution in [2.45, 2.75) is 6.42 Å². The second kappa shape index (κ2) is 0.735. The van der Waals surface area contributed by atoms with Crippen molar-refractivity contribution in [1.82, 2.24) is 9.55 Å². The molecule has 0 unspecified atom stereocenters. The van der Waals surface area contributed by atoms with Gasteiger partial charge in [-0.15, -0.1) is 0 Å². The van der Waals surface area contributed by atoms with Crippen molar-refractivity contribution in [2.24, 2.45) is 7.05 Å². The van der Waals surface area contributed by atoms with E-state index in [-0.39, 0.29) is 0 Å². The fraction of sp³-hybridized carbons (Fsp3) is 0.400. The highest BCUT2D eigenvalue weighted by Gasteiger charge is 2.15. The molecule has 36 valence electrons. The Balaban J connectivity index is 2.81. The molecule has 0 atom stereocenters. The largest absolute Gasteiger partial charge is 0.337 e. The van der Waals surface area contributed by atoms with Gasteiger partial charge in [0.2, 0.25) is 0 Å².